The Balaban J connectivity index is 1.91. The number of carbonyl (C=O) groups is 1. The SMILES string of the molecule is O=C(c1cccc(F)c1)N(Cc1ccccc1)Cc1ccc(Cl)cc1Cl. The van der Waals surface area contributed by atoms with Crippen LogP contribution in [0.5, 0.6) is 0 Å². The van der Waals surface area contributed by atoms with Crippen molar-refractivity contribution >= 4 is 29.1 Å². The molecule has 0 atom stereocenters. The van der Waals surface area contributed by atoms with E-state index in [0.29, 0.717) is 28.7 Å². The number of halogens is 3. The second-order valence-corrected chi connectivity index (χ2v) is 6.74. The molecule has 132 valence electrons. The molecule has 26 heavy (non-hydrogen) atoms. The predicted octanol–water partition coefficient (Wildman–Crippen LogP) is 5.98. The van der Waals surface area contributed by atoms with Crippen LogP contribution in [0.4, 0.5) is 4.39 Å². The van der Waals surface area contributed by atoms with Crippen molar-refractivity contribution in [3.63, 3.8) is 0 Å². The van der Waals surface area contributed by atoms with Gasteiger partial charge in [0.2, 0.25) is 0 Å². The van der Waals surface area contributed by atoms with Gasteiger partial charge < -0.3 is 4.90 Å². The summed E-state index contributed by atoms with van der Waals surface area (Å²) in [6.45, 7) is 0.676. The van der Waals surface area contributed by atoms with Gasteiger partial charge in [0.15, 0.2) is 0 Å². The van der Waals surface area contributed by atoms with E-state index in [2.05, 4.69) is 0 Å². The van der Waals surface area contributed by atoms with Crippen molar-refractivity contribution in [1.82, 2.24) is 4.90 Å². The highest BCUT2D eigenvalue weighted by Crippen LogP contribution is 2.24. The molecule has 2 nitrogen and oxygen atoms in total. The third-order valence-electron chi connectivity index (χ3n) is 3.95. The zero-order valence-electron chi connectivity index (χ0n) is 13.8. The molecular formula is C21H16Cl2FNO. The summed E-state index contributed by atoms with van der Waals surface area (Å²) < 4.78 is 13.5. The Morgan fingerprint density at radius 3 is 2.35 bits per heavy atom. The van der Waals surface area contributed by atoms with E-state index in [-0.39, 0.29) is 5.91 Å². The number of rotatable bonds is 5. The van der Waals surface area contributed by atoms with Crippen molar-refractivity contribution in [3.8, 4) is 0 Å². The van der Waals surface area contributed by atoms with Crippen LogP contribution >= 0.6 is 23.2 Å². The first-order valence-corrected chi connectivity index (χ1v) is 8.81. The van der Waals surface area contributed by atoms with E-state index in [1.165, 1.54) is 18.2 Å². The highest BCUT2D eigenvalue weighted by molar-refractivity contribution is 6.35. The number of carbonyl (C=O) groups excluding carboxylic acids is 1. The summed E-state index contributed by atoms with van der Waals surface area (Å²) in [5.74, 6) is -0.709. The molecule has 0 heterocycles. The van der Waals surface area contributed by atoms with E-state index in [1.807, 2.05) is 30.3 Å². The first-order chi connectivity index (χ1) is 12.5. The Morgan fingerprint density at radius 2 is 1.65 bits per heavy atom. The summed E-state index contributed by atoms with van der Waals surface area (Å²) in [5, 5.41) is 1.02. The average Bonchev–Trinajstić information content (AvgIpc) is 2.63. The molecule has 5 heteroatoms. The Kier molecular flexibility index (Phi) is 5.92. The van der Waals surface area contributed by atoms with Gasteiger partial charge in [-0.2, -0.15) is 0 Å². The summed E-state index contributed by atoms with van der Waals surface area (Å²) >= 11 is 12.2. The number of benzene rings is 3. The monoisotopic (exact) mass is 387 g/mol. The summed E-state index contributed by atoms with van der Waals surface area (Å²) in [7, 11) is 0. The van der Waals surface area contributed by atoms with Crippen LogP contribution in [0.2, 0.25) is 10.0 Å². The maximum Gasteiger partial charge on any atom is 0.254 e. The van der Waals surface area contributed by atoms with Crippen LogP contribution in [-0.2, 0) is 13.1 Å². The minimum absolute atomic E-state index is 0.264. The molecule has 0 radical (unpaired) electrons. The lowest BCUT2D eigenvalue weighted by atomic mass is 10.1. The smallest absolute Gasteiger partial charge is 0.254 e. The van der Waals surface area contributed by atoms with Crippen LogP contribution in [0, 0.1) is 5.82 Å². The van der Waals surface area contributed by atoms with E-state index in [4.69, 9.17) is 23.2 Å². The molecule has 0 aromatic heterocycles. The molecule has 1 amide bonds. The normalized spacial score (nSPS) is 10.6. The Morgan fingerprint density at radius 1 is 0.885 bits per heavy atom. The van der Waals surface area contributed by atoms with Gasteiger partial charge in [0, 0.05) is 28.7 Å². The van der Waals surface area contributed by atoms with Gasteiger partial charge in [-0.05, 0) is 41.5 Å². The van der Waals surface area contributed by atoms with Crippen molar-refractivity contribution in [2.75, 3.05) is 0 Å². The van der Waals surface area contributed by atoms with Gasteiger partial charge in [-0.25, -0.2) is 4.39 Å². The molecule has 0 aliphatic rings. The quantitative estimate of drug-likeness (QED) is 0.527. The molecule has 0 N–H and O–H groups in total. The van der Waals surface area contributed by atoms with Crippen molar-refractivity contribution in [3.05, 3.63) is 105 Å². The molecule has 3 aromatic carbocycles. The minimum Gasteiger partial charge on any atom is -0.330 e. The average molecular weight is 388 g/mol. The Hall–Kier alpha value is -2.36. The molecule has 0 aliphatic carbocycles. The van der Waals surface area contributed by atoms with E-state index >= 15 is 0 Å². The standard InChI is InChI=1S/C21H16Cl2FNO/c22-18-10-9-17(20(23)12-18)14-25(13-15-5-2-1-3-6-15)21(26)16-7-4-8-19(24)11-16/h1-12H,13-14H2. The van der Waals surface area contributed by atoms with Crippen LogP contribution in [0.15, 0.2) is 72.8 Å². The lowest BCUT2D eigenvalue weighted by molar-refractivity contribution is 0.0729. The molecular weight excluding hydrogens is 372 g/mol. The van der Waals surface area contributed by atoms with Crippen LogP contribution < -0.4 is 0 Å². The number of hydrogen-bond donors (Lipinski definition) is 0. The molecule has 0 spiro atoms. The van der Waals surface area contributed by atoms with Crippen molar-refractivity contribution in [2.24, 2.45) is 0 Å². The van der Waals surface area contributed by atoms with Crippen molar-refractivity contribution < 1.29 is 9.18 Å². The zero-order valence-corrected chi connectivity index (χ0v) is 15.3. The molecule has 0 aliphatic heterocycles. The third-order valence-corrected chi connectivity index (χ3v) is 4.54. The Labute approximate surface area is 161 Å². The molecule has 3 aromatic rings. The van der Waals surface area contributed by atoms with Crippen molar-refractivity contribution in [2.45, 2.75) is 13.1 Å². The Bertz CT molecular complexity index is 915. The van der Waals surface area contributed by atoms with Gasteiger partial charge in [-0.15, -0.1) is 0 Å². The van der Waals surface area contributed by atoms with Gasteiger partial charge in [0.25, 0.3) is 5.91 Å². The topological polar surface area (TPSA) is 20.3 Å². The second-order valence-electron chi connectivity index (χ2n) is 5.89. The fourth-order valence-electron chi connectivity index (χ4n) is 2.66. The fraction of sp³-hybridized carbons (Fsp3) is 0.0952. The number of hydrogen-bond acceptors (Lipinski definition) is 1. The fourth-order valence-corrected chi connectivity index (χ4v) is 3.13. The lowest BCUT2D eigenvalue weighted by Crippen LogP contribution is -2.30. The van der Waals surface area contributed by atoms with Crippen LogP contribution in [0.3, 0.4) is 0 Å². The van der Waals surface area contributed by atoms with Crippen LogP contribution in [0.1, 0.15) is 21.5 Å². The summed E-state index contributed by atoms with van der Waals surface area (Å²) in [5.41, 5.74) is 2.05. The highest BCUT2D eigenvalue weighted by atomic mass is 35.5. The second kappa shape index (κ2) is 8.35. The van der Waals surface area contributed by atoms with Crippen molar-refractivity contribution in [1.29, 1.82) is 0 Å². The summed E-state index contributed by atoms with van der Waals surface area (Å²) in [4.78, 5) is 14.6. The molecule has 0 fully saturated rings. The maximum atomic E-state index is 13.5. The van der Waals surface area contributed by atoms with Gasteiger partial charge in [-0.3, -0.25) is 4.79 Å². The van der Waals surface area contributed by atoms with E-state index < -0.39 is 5.82 Å². The first kappa shape index (κ1) is 18.4. The molecule has 0 saturated heterocycles. The number of nitrogens with zero attached hydrogens (tertiary/aromatic N) is 1. The van der Waals surface area contributed by atoms with Gasteiger partial charge in [0.1, 0.15) is 5.82 Å². The first-order valence-electron chi connectivity index (χ1n) is 8.05. The van der Waals surface area contributed by atoms with Crippen LogP contribution in [-0.4, -0.2) is 10.8 Å². The highest BCUT2D eigenvalue weighted by Gasteiger charge is 2.18. The number of amides is 1. The molecule has 0 saturated carbocycles. The molecule has 3 rings (SSSR count). The summed E-state index contributed by atoms with van der Waals surface area (Å²) in [6.07, 6.45) is 0. The molecule has 0 unspecified atom stereocenters. The van der Waals surface area contributed by atoms with E-state index in [1.54, 1.807) is 29.2 Å². The van der Waals surface area contributed by atoms with Gasteiger partial charge in [-0.1, -0.05) is 65.7 Å². The van der Waals surface area contributed by atoms with E-state index in [0.717, 1.165) is 11.1 Å². The lowest BCUT2D eigenvalue weighted by Gasteiger charge is -2.24. The third kappa shape index (κ3) is 4.63. The molecule has 0 bridgehead atoms. The van der Waals surface area contributed by atoms with E-state index in [9.17, 15) is 9.18 Å². The largest absolute Gasteiger partial charge is 0.330 e. The van der Waals surface area contributed by atoms with Gasteiger partial charge >= 0.3 is 0 Å². The minimum atomic E-state index is -0.444. The summed E-state index contributed by atoms with van der Waals surface area (Å²) in [6, 6.07) is 20.5. The zero-order chi connectivity index (χ0) is 18.5. The predicted molar refractivity (Wildman–Crippen MR) is 103 cm³/mol. The van der Waals surface area contributed by atoms with Gasteiger partial charge in [0.05, 0.1) is 0 Å². The maximum absolute atomic E-state index is 13.5. The van der Waals surface area contributed by atoms with Crippen LogP contribution in [0.25, 0.3) is 0 Å².